The summed E-state index contributed by atoms with van der Waals surface area (Å²) in [5, 5.41) is 12.3. The van der Waals surface area contributed by atoms with Gasteiger partial charge in [-0.1, -0.05) is 89.4 Å². The molecule has 3 aromatic heterocycles. The molecule has 0 radical (unpaired) electrons. The van der Waals surface area contributed by atoms with Crippen LogP contribution >= 0.6 is 0 Å². The highest BCUT2D eigenvalue weighted by atomic mass is 16.3. The summed E-state index contributed by atoms with van der Waals surface area (Å²) in [5.41, 5.74) is 11.7. The highest BCUT2D eigenvalue weighted by Crippen LogP contribution is 2.43. The van der Waals surface area contributed by atoms with E-state index in [1.807, 2.05) is 6.07 Å². The number of aryl methyl sites for hydroxylation is 2. The van der Waals surface area contributed by atoms with Crippen LogP contribution in [0, 0.1) is 6.92 Å². The van der Waals surface area contributed by atoms with Crippen LogP contribution in [0.1, 0.15) is 101 Å². The third-order valence-electron chi connectivity index (χ3n) is 10.2. The molecule has 1 aliphatic rings. The summed E-state index contributed by atoms with van der Waals surface area (Å²) < 4.78 is 21.1. The zero-order valence-electron chi connectivity index (χ0n) is 28.8. The third kappa shape index (κ3) is 4.39. The fraction of sp³-hybridized carbons (Fsp3) is 0.341. The number of hydrogen-bond donors (Lipinski definition) is 0. The number of nitrogens with zero attached hydrogens (tertiary/aromatic N) is 4. The Hall–Kier alpha value is -4.51. The van der Waals surface area contributed by atoms with Gasteiger partial charge in [0.2, 0.25) is 0 Å². The second-order valence-corrected chi connectivity index (χ2v) is 13.8. The lowest BCUT2D eigenvalue weighted by atomic mass is 9.86. The summed E-state index contributed by atoms with van der Waals surface area (Å²) in [4.78, 5) is 0. The van der Waals surface area contributed by atoms with Gasteiger partial charge in [0.15, 0.2) is 16.6 Å². The zero-order valence-corrected chi connectivity index (χ0v) is 27.8. The molecule has 232 valence electrons. The number of imidazole rings is 1. The van der Waals surface area contributed by atoms with Crippen molar-refractivity contribution in [1.29, 1.82) is 0 Å². The lowest BCUT2D eigenvalue weighted by Crippen LogP contribution is -2.30. The summed E-state index contributed by atoms with van der Waals surface area (Å²) in [5.74, 6) is 1.09. The molecule has 8 rings (SSSR count). The molecule has 0 unspecified atom stereocenters. The van der Waals surface area contributed by atoms with Gasteiger partial charge in [-0.15, -0.1) is 0 Å². The lowest BCUT2D eigenvalue weighted by molar-refractivity contribution is -0.633. The van der Waals surface area contributed by atoms with Gasteiger partial charge in [-0.05, 0) is 67.5 Å². The predicted octanol–water partition coefficient (Wildman–Crippen LogP) is 10.6. The molecule has 1 aliphatic carbocycles. The molecule has 0 amide bonds. The Morgan fingerprint density at radius 1 is 0.804 bits per heavy atom. The van der Waals surface area contributed by atoms with Crippen molar-refractivity contribution in [3.05, 3.63) is 95.2 Å². The van der Waals surface area contributed by atoms with Gasteiger partial charge in [0.25, 0.3) is 5.82 Å². The van der Waals surface area contributed by atoms with Gasteiger partial charge >= 0.3 is 0 Å². The van der Waals surface area contributed by atoms with Crippen LogP contribution in [0.15, 0.2) is 77.2 Å². The van der Waals surface area contributed by atoms with Crippen LogP contribution in [-0.2, 0) is 7.05 Å². The average Bonchev–Trinajstić information content (AvgIpc) is 3.59. The van der Waals surface area contributed by atoms with Crippen LogP contribution in [0.3, 0.4) is 0 Å². The van der Waals surface area contributed by atoms with E-state index >= 15 is 0 Å². The maximum atomic E-state index is 9.26. The van der Waals surface area contributed by atoms with Gasteiger partial charge in [-0.3, -0.25) is 0 Å². The van der Waals surface area contributed by atoms with E-state index in [0.717, 1.165) is 81.2 Å². The van der Waals surface area contributed by atoms with Crippen molar-refractivity contribution in [3.63, 3.8) is 0 Å². The highest BCUT2D eigenvalue weighted by Gasteiger charge is 2.33. The van der Waals surface area contributed by atoms with Crippen LogP contribution in [0.5, 0.6) is 0 Å². The van der Waals surface area contributed by atoms with Crippen molar-refractivity contribution in [2.75, 3.05) is 0 Å². The predicted molar refractivity (Wildman–Crippen MR) is 189 cm³/mol. The van der Waals surface area contributed by atoms with Crippen molar-refractivity contribution in [1.82, 2.24) is 14.8 Å². The van der Waals surface area contributed by atoms with Crippen LogP contribution in [-0.4, -0.2) is 14.8 Å². The number of fused-ring (bicyclic) bond motifs is 6. The smallest absolute Gasteiger partial charge is 0.299 e. The van der Waals surface area contributed by atoms with Crippen molar-refractivity contribution in [2.45, 2.75) is 84.5 Å². The summed E-state index contributed by atoms with van der Waals surface area (Å²) >= 11 is 0. The molecule has 5 nitrogen and oxygen atoms in total. The van der Waals surface area contributed by atoms with Crippen molar-refractivity contribution in [3.8, 4) is 17.1 Å². The molecule has 3 heterocycles. The molecule has 5 heteroatoms. The zero-order chi connectivity index (χ0) is 32.6. The maximum absolute atomic E-state index is 9.26. The van der Waals surface area contributed by atoms with Gasteiger partial charge < -0.3 is 4.42 Å². The Bertz CT molecular complexity index is 2310. The lowest BCUT2D eigenvalue weighted by Gasteiger charge is -2.20. The molecule has 4 aromatic carbocycles. The Morgan fingerprint density at radius 2 is 1.50 bits per heavy atom. The Morgan fingerprint density at radius 3 is 2.24 bits per heavy atom. The largest absolute Gasteiger partial charge is 0.454 e. The molecule has 0 spiro atoms. The van der Waals surface area contributed by atoms with Crippen LogP contribution in [0.4, 0.5) is 0 Å². The fourth-order valence-electron chi connectivity index (χ4n) is 7.79. The maximum Gasteiger partial charge on any atom is 0.299 e. The van der Waals surface area contributed by atoms with Crippen molar-refractivity contribution >= 4 is 43.9 Å². The number of rotatable bonds is 5. The topological polar surface area (TPSA) is 47.7 Å². The van der Waals surface area contributed by atoms with E-state index in [2.05, 4.69) is 128 Å². The van der Waals surface area contributed by atoms with E-state index in [1.54, 1.807) is 0 Å². The molecular formula is C41H43N4O+. The number of aromatic nitrogens is 4. The minimum absolute atomic E-state index is 0.345. The van der Waals surface area contributed by atoms with Gasteiger partial charge in [0.05, 0.1) is 18.3 Å². The second-order valence-electron chi connectivity index (χ2n) is 13.8. The molecule has 1 fully saturated rings. The molecule has 0 N–H and O–H groups in total. The first-order valence-electron chi connectivity index (χ1n) is 17.4. The monoisotopic (exact) mass is 608 g/mol. The minimum Gasteiger partial charge on any atom is -0.454 e. The van der Waals surface area contributed by atoms with Gasteiger partial charge in [0, 0.05) is 34.6 Å². The molecule has 0 saturated heterocycles. The molecule has 0 atom stereocenters. The molecule has 0 aliphatic heterocycles. The summed E-state index contributed by atoms with van der Waals surface area (Å²) in [7, 11) is 2.18. The Balaban J connectivity index is 1.47. The van der Waals surface area contributed by atoms with Gasteiger partial charge in [0.1, 0.15) is 16.8 Å². The van der Waals surface area contributed by atoms with E-state index < -0.39 is 5.89 Å². The summed E-state index contributed by atoms with van der Waals surface area (Å²) in [6.45, 7) is 11.3. The summed E-state index contributed by atoms with van der Waals surface area (Å²) in [6.07, 6.45) is 4.95. The normalized spacial score (nSPS) is 15.6. The van der Waals surface area contributed by atoms with Crippen LogP contribution in [0.2, 0.25) is 0 Å². The van der Waals surface area contributed by atoms with E-state index in [9.17, 15) is 1.37 Å². The van der Waals surface area contributed by atoms with Gasteiger partial charge in [-0.25, -0.2) is 4.57 Å². The van der Waals surface area contributed by atoms with E-state index in [-0.39, 0.29) is 0 Å². The second kappa shape index (κ2) is 11.1. The first kappa shape index (κ1) is 27.8. The first-order valence-corrected chi connectivity index (χ1v) is 16.9. The number of hydrogen-bond acceptors (Lipinski definition) is 3. The first-order chi connectivity index (χ1) is 22.7. The van der Waals surface area contributed by atoms with Crippen LogP contribution in [0.25, 0.3) is 61.0 Å². The summed E-state index contributed by atoms with van der Waals surface area (Å²) in [6, 6.07) is 26.2. The number of benzene rings is 4. The molecule has 1 saturated carbocycles. The molecule has 0 bridgehead atoms. The highest BCUT2D eigenvalue weighted by molar-refractivity contribution is 6.16. The van der Waals surface area contributed by atoms with Crippen LogP contribution < -0.4 is 4.57 Å². The SMILES string of the molecule is [2H]C1(c2cc3c(ccc4c5ccc(C)c(-c6n(-c7c(C(C)C)cccc7C(C)C)c7ccccc7[n+]6C)c5oc34)nn2)CCCCC1. The van der Waals surface area contributed by atoms with Crippen molar-refractivity contribution < 1.29 is 10.4 Å². The fourth-order valence-corrected chi connectivity index (χ4v) is 7.79. The van der Waals surface area contributed by atoms with E-state index in [4.69, 9.17) is 4.42 Å². The molecule has 46 heavy (non-hydrogen) atoms. The molecule has 7 aromatic rings. The molecular weight excluding hydrogens is 564 g/mol. The average molecular weight is 609 g/mol. The van der Waals surface area contributed by atoms with Gasteiger partial charge in [-0.2, -0.15) is 14.8 Å². The quantitative estimate of drug-likeness (QED) is 0.183. The number of furan rings is 1. The Labute approximate surface area is 272 Å². The van der Waals surface area contributed by atoms with Crippen molar-refractivity contribution in [2.24, 2.45) is 7.05 Å². The van der Waals surface area contributed by atoms with E-state index in [1.165, 1.54) is 34.3 Å². The Kier molecular flexibility index (Phi) is 6.69. The minimum atomic E-state index is -0.692. The standard InChI is InChI=1S/C41H43N4O/c1-24(2)28-15-12-16-29(25(3)4)38(28)45-36-18-11-10-17-35(36)44(6)41(45)37-26(5)19-20-31-30-21-22-33-32(39(30)46-40(31)37)23-34(43-42-33)27-13-8-7-9-14-27/h10-12,15-25,27H,7-9,13-14H2,1-6H3/q+1/i27D. The third-order valence-corrected chi connectivity index (χ3v) is 10.2. The van der Waals surface area contributed by atoms with E-state index in [0.29, 0.717) is 11.8 Å². The number of para-hydroxylation sites is 3.